The summed E-state index contributed by atoms with van der Waals surface area (Å²) in [6, 6.07) is 15.5. The van der Waals surface area contributed by atoms with Crippen LogP contribution in [0.1, 0.15) is 38.7 Å². The van der Waals surface area contributed by atoms with Crippen LogP contribution in [-0.2, 0) is 4.79 Å². The van der Waals surface area contributed by atoms with Gasteiger partial charge in [-0.3, -0.25) is 9.69 Å². The van der Waals surface area contributed by atoms with E-state index in [1.165, 1.54) is 11.8 Å². The molecule has 0 unspecified atom stereocenters. The molecule has 1 aliphatic heterocycles. The smallest absolute Gasteiger partial charge is 0.266 e. The van der Waals surface area contributed by atoms with E-state index in [0.29, 0.717) is 29.0 Å². The first-order valence-electron chi connectivity index (χ1n) is 10.3. The highest BCUT2D eigenvalue weighted by molar-refractivity contribution is 8.18. The number of nitrogens with zero attached hydrogens (tertiary/aromatic N) is 2. The first-order valence-corrected chi connectivity index (χ1v) is 11.1. The number of hydrogen-bond donors (Lipinski definition) is 0. The van der Waals surface area contributed by atoms with Crippen molar-refractivity contribution in [1.82, 2.24) is 4.90 Å². The Morgan fingerprint density at radius 1 is 1.07 bits per heavy atom. The summed E-state index contributed by atoms with van der Waals surface area (Å²) in [5.74, 6) is 1.37. The number of carbonyl (C=O) groups is 1. The Morgan fingerprint density at radius 3 is 2.57 bits per heavy atom. The molecule has 0 aromatic heterocycles. The summed E-state index contributed by atoms with van der Waals surface area (Å²) in [6.07, 6.45) is 4.83. The second-order valence-corrected chi connectivity index (χ2v) is 7.92. The number of rotatable bonds is 9. The fraction of sp³-hybridized carbons (Fsp3) is 0.333. The van der Waals surface area contributed by atoms with Crippen LogP contribution in [0.25, 0.3) is 6.08 Å². The fourth-order valence-corrected chi connectivity index (χ4v) is 4.02. The second-order valence-electron chi connectivity index (χ2n) is 6.91. The molecule has 6 heteroatoms. The molecule has 30 heavy (non-hydrogen) atoms. The van der Waals surface area contributed by atoms with Crippen molar-refractivity contribution in [2.75, 3.05) is 20.3 Å². The lowest BCUT2D eigenvalue weighted by Crippen LogP contribution is -2.29. The summed E-state index contributed by atoms with van der Waals surface area (Å²) < 4.78 is 11.3. The third-order valence-corrected chi connectivity index (χ3v) is 5.56. The Labute approximate surface area is 182 Å². The lowest BCUT2D eigenvalue weighted by molar-refractivity contribution is -0.122. The van der Waals surface area contributed by atoms with E-state index in [2.05, 4.69) is 18.8 Å². The number of benzene rings is 2. The highest BCUT2D eigenvalue weighted by Gasteiger charge is 2.32. The van der Waals surface area contributed by atoms with Crippen molar-refractivity contribution >= 4 is 34.6 Å². The number of unbranched alkanes of at least 4 members (excludes halogenated alkanes) is 1. The standard InChI is InChI=1S/C24H28N2O3S/c1-4-6-15-29-20-13-12-18(16-21(20)28-3)17-22-23(27)26(14-5-2)24(30-22)25-19-10-8-7-9-11-19/h7-13,16-17H,4-6,14-15H2,1-3H3/b22-17+,25-24?. The van der Waals surface area contributed by atoms with E-state index < -0.39 is 0 Å². The number of thioether (sulfide) groups is 1. The lowest BCUT2D eigenvalue weighted by atomic mass is 10.2. The Morgan fingerprint density at radius 2 is 1.87 bits per heavy atom. The van der Waals surface area contributed by atoms with Crippen LogP contribution < -0.4 is 9.47 Å². The Hall–Kier alpha value is -2.73. The van der Waals surface area contributed by atoms with Crippen molar-refractivity contribution in [1.29, 1.82) is 0 Å². The van der Waals surface area contributed by atoms with Gasteiger partial charge in [0.05, 0.1) is 24.3 Å². The molecule has 0 N–H and O–H groups in total. The number of methoxy groups -OCH3 is 1. The van der Waals surface area contributed by atoms with Crippen LogP contribution in [0.4, 0.5) is 5.69 Å². The minimum absolute atomic E-state index is 0.0150. The number of amidine groups is 1. The van der Waals surface area contributed by atoms with Crippen molar-refractivity contribution in [2.45, 2.75) is 33.1 Å². The van der Waals surface area contributed by atoms with Crippen LogP contribution in [0, 0.1) is 0 Å². The molecule has 0 bridgehead atoms. The van der Waals surface area contributed by atoms with Crippen molar-refractivity contribution < 1.29 is 14.3 Å². The predicted octanol–water partition coefficient (Wildman–Crippen LogP) is 5.89. The van der Waals surface area contributed by atoms with Crippen molar-refractivity contribution in [2.24, 2.45) is 4.99 Å². The summed E-state index contributed by atoms with van der Waals surface area (Å²) in [7, 11) is 1.63. The topological polar surface area (TPSA) is 51.1 Å². The SMILES string of the molecule is CCCCOc1ccc(/C=C2/SC(=Nc3ccccc3)N(CCC)C2=O)cc1OC. The molecule has 1 aliphatic rings. The molecule has 0 saturated carbocycles. The Balaban J connectivity index is 1.85. The van der Waals surface area contributed by atoms with Gasteiger partial charge in [-0.2, -0.15) is 0 Å². The molecule has 0 radical (unpaired) electrons. The summed E-state index contributed by atoms with van der Waals surface area (Å²) in [5.41, 5.74) is 1.73. The van der Waals surface area contributed by atoms with Crippen LogP contribution >= 0.6 is 11.8 Å². The van der Waals surface area contributed by atoms with E-state index >= 15 is 0 Å². The average molecular weight is 425 g/mol. The Kier molecular flexibility index (Phi) is 7.97. The van der Waals surface area contributed by atoms with Gasteiger partial charge >= 0.3 is 0 Å². The fourth-order valence-electron chi connectivity index (χ4n) is 3.00. The molecule has 1 saturated heterocycles. The van der Waals surface area contributed by atoms with E-state index in [1.54, 1.807) is 12.0 Å². The van der Waals surface area contributed by atoms with Gasteiger partial charge < -0.3 is 9.47 Å². The first-order chi connectivity index (χ1) is 14.7. The third kappa shape index (κ3) is 5.45. The number of hydrogen-bond acceptors (Lipinski definition) is 5. The molecule has 2 aromatic carbocycles. The normalized spacial score (nSPS) is 16.5. The third-order valence-electron chi connectivity index (χ3n) is 4.56. The summed E-state index contributed by atoms with van der Waals surface area (Å²) in [4.78, 5) is 20.1. The number of amides is 1. The molecule has 1 heterocycles. The highest BCUT2D eigenvalue weighted by atomic mass is 32.2. The highest BCUT2D eigenvalue weighted by Crippen LogP contribution is 2.36. The molecule has 0 aliphatic carbocycles. The van der Waals surface area contributed by atoms with Gasteiger partial charge in [-0.15, -0.1) is 0 Å². The van der Waals surface area contributed by atoms with Crippen LogP contribution in [0.3, 0.4) is 0 Å². The maximum atomic E-state index is 13.0. The Bertz CT molecular complexity index is 925. The van der Waals surface area contributed by atoms with Gasteiger partial charge in [0.1, 0.15) is 0 Å². The van der Waals surface area contributed by atoms with Gasteiger partial charge in [0.15, 0.2) is 16.7 Å². The zero-order valence-corrected chi connectivity index (χ0v) is 18.6. The van der Waals surface area contributed by atoms with Crippen LogP contribution in [-0.4, -0.2) is 36.2 Å². The quantitative estimate of drug-likeness (QED) is 0.372. The molecular formula is C24H28N2O3S. The van der Waals surface area contributed by atoms with E-state index in [1.807, 2.05) is 54.6 Å². The average Bonchev–Trinajstić information content (AvgIpc) is 3.04. The van der Waals surface area contributed by atoms with Gasteiger partial charge in [0, 0.05) is 6.54 Å². The van der Waals surface area contributed by atoms with Gasteiger partial charge in [0.2, 0.25) is 0 Å². The van der Waals surface area contributed by atoms with E-state index in [0.717, 1.165) is 36.3 Å². The number of carbonyl (C=O) groups excluding carboxylic acids is 1. The molecule has 3 rings (SSSR count). The molecule has 1 fully saturated rings. The molecule has 2 aromatic rings. The van der Waals surface area contributed by atoms with Gasteiger partial charge in [-0.25, -0.2) is 4.99 Å². The summed E-state index contributed by atoms with van der Waals surface area (Å²) in [6.45, 7) is 5.49. The number of aliphatic imine (C=N–C) groups is 1. The molecule has 158 valence electrons. The minimum atomic E-state index is -0.0150. The summed E-state index contributed by atoms with van der Waals surface area (Å²) in [5, 5.41) is 0.714. The molecule has 0 spiro atoms. The van der Waals surface area contributed by atoms with Crippen molar-refractivity contribution in [3.05, 3.63) is 59.0 Å². The molecule has 1 amide bonds. The maximum Gasteiger partial charge on any atom is 0.266 e. The zero-order chi connectivity index (χ0) is 21.3. The molecule has 0 atom stereocenters. The second kappa shape index (κ2) is 10.9. The van der Waals surface area contributed by atoms with Crippen LogP contribution in [0.2, 0.25) is 0 Å². The lowest BCUT2D eigenvalue weighted by Gasteiger charge is -2.13. The zero-order valence-electron chi connectivity index (χ0n) is 17.8. The van der Waals surface area contributed by atoms with Crippen molar-refractivity contribution in [3.63, 3.8) is 0 Å². The monoisotopic (exact) mass is 424 g/mol. The van der Waals surface area contributed by atoms with E-state index in [4.69, 9.17) is 9.47 Å². The maximum absolute atomic E-state index is 13.0. The molecule has 5 nitrogen and oxygen atoms in total. The van der Waals surface area contributed by atoms with Gasteiger partial charge in [-0.1, -0.05) is 44.5 Å². The van der Waals surface area contributed by atoms with E-state index in [-0.39, 0.29) is 5.91 Å². The van der Waals surface area contributed by atoms with Gasteiger partial charge in [-0.05, 0) is 60.5 Å². The van der Waals surface area contributed by atoms with Crippen LogP contribution in [0.5, 0.6) is 11.5 Å². The van der Waals surface area contributed by atoms with Crippen molar-refractivity contribution in [3.8, 4) is 11.5 Å². The number of ether oxygens (including phenoxy) is 2. The minimum Gasteiger partial charge on any atom is -0.493 e. The largest absolute Gasteiger partial charge is 0.493 e. The van der Waals surface area contributed by atoms with Crippen LogP contribution in [0.15, 0.2) is 58.4 Å². The van der Waals surface area contributed by atoms with Gasteiger partial charge in [0.25, 0.3) is 5.91 Å². The molecular weight excluding hydrogens is 396 g/mol. The van der Waals surface area contributed by atoms with E-state index in [9.17, 15) is 4.79 Å². The predicted molar refractivity (Wildman–Crippen MR) is 125 cm³/mol. The first kappa shape index (κ1) is 22.0. The number of para-hydroxylation sites is 1. The summed E-state index contributed by atoms with van der Waals surface area (Å²) >= 11 is 1.41.